The molecule has 0 spiro atoms. The maximum absolute atomic E-state index is 10.7. The minimum Gasteiger partial charge on any atom is -0.385 e. The SMILES string of the molecule is CCn1nccc1C(O)C1(C#N)CCCCCCC1. The highest BCUT2D eigenvalue weighted by atomic mass is 16.3. The maximum Gasteiger partial charge on any atom is 0.114 e. The van der Waals surface area contributed by atoms with E-state index in [2.05, 4.69) is 11.2 Å². The van der Waals surface area contributed by atoms with Gasteiger partial charge in [-0.2, -0.15) is 10.4 Å². The highest BCUT2D eigenvalue weighted by molar-refractivity contribution is 5.15. The van der Waals surface area contributed by atoms with E-state index in [0.29, 0.717) is 0 Å². The van der Waals surface area contributed by atoms with Crippen molar-refractivity contribution in [1.82, 2.24) is 9.78 Å². The van der Waals surface area contributed by atoms with Crippen LogP contribution < -0.4 is 0 Å². The third-order valence-corrected chi connectivity index (χ3v) is 4.32. The van der Waals surface area contributed by atoms with E-state index >= 15 is 0 Å². The van der Waals surface area contributed by atoms with Crippen LogP contribution in [0.3, 0.4) is 0 Å². The van der Waals surface area contributed by atoms with Gasteiger partial charge in [0, 0.05) is 12.7 Å². The average molecular weight is 261 g/mol. The van der Waals surface area contributed by atoms with E-state index < -0.39 is 11.5 Å². The van der Waals surface area contributed by atoms with Crippen LogP contribution in [-0.2, 0) is 6.54 Å². The van der Waals surface area contributed by atoms with Gasteiger partial charge in [0.15, 0.2) is 0 Å². The Hall–Kier alpha value is -1.34. The molecule has 1 aliphatic rings. The van der Waals surface area contributed by atoms with Crippen molar-refractivity contribution in [2.75, 3.05) is 0 Å². The Morgan fingerprint density at radius 2 is 2.00 bits per heavy atom. The van der Waals surface area contributed by atoms with Crippen molar-refractivity contribution < 1.29 is 5.11 Å². The van der Waals surface area contributed by atoms with Crippen molar-refractivity contribution in [2.45, 2.75) is 64.5 Å². The molecule has 1 aromatic rings. The molecule has 1 saturated carbocycles. The lowest BCUT2D eigenvalue weighted by Gasteiger charge is -2.33. The van der Waals surface area contributed by atoms with Crippen LogP contribution in [-0.4, -0.2) is 14.9 Å². The molecule has 0 aliphatic heterocycles. The first-order chi connectivity index (χ1) is 9.23. The molecule has 4 nitrogen and oxygen atoms in total. The summed E-state index contributed by atoms with van der Waals surface area (Å²) in [6.07, 6.45) is 8.22. The van der Waals surface area contributed by atoms with E-state index in [-0.39, 0.29) is 0 Å². The van der Waals surface area contributed by atoms with Crippen LogP contribution in [0.25, 0.3) is 0 Å². The van der Waals surface area contributed by atoms with E-state index in [0.717, 1.165) is 37.9 Å². The monoisotopic (exact) mass is 261 g/mol. The smallest absolute Gasteiger partial charge is 0.114 e. The van der Waals surface area contributed by atoms with Gasteiger partial charge >= 0.3 is 0 Å². The van der Waals surface area contributed by atoms with Crippen molar-refractivity contribution in [3.05, 3.63) is 18.0 Å². The van der Waals surface area contributed by atoms with E-state index in [1.54, 1.807) is 10.9 Å². The number of aryl methyl sites for hydroxylation is 1. The molecule has 104 valence electrons. The standard InChI is InChI=1S/C15H23N3O/c1-2-18-13(8-11-17-18)14(19)15(12-16)9-6-4-3-5-7-10-15/h8,11,14,19H,2-7,9-10H2,1H3. The number of hydrogen-bond acceptors (Lipinski definition) is 3. The van der Waals surface area contributed by atoms with Crippen LogP contribution in [0.15, 0.2) is 12.3 Å². The highest BCUT2D eigenvalue weighted by Crippen LogP contribution is 2.43. The number of aliphatic hydroxyl groups excluding tert-OH is 1. The molecule has 0 amide bonds. The molecule has 1 fully saturated rings. The zero-order valence-electron chi connectivity index (χ0n) is 11.7. The molecule has 2 rings (SSSR count). The van der Waals surface area contributed by atoms with E-state index in [4.69, 9.17) is 0 Å². The fraction of sp³-hybridized carbons (Fsp3) is 0.733. The van der Waals surface area contributed by atoms with Gasteiger partial charge < -0.3 is 5.11 Å². The Kier molecular flexibility index (Phi) is 4.60. The van der Waals surface area contributed by atoms with Crippen molar-refractivity contribution in [3.8, 4) is 6.07 Å². The molecule has 0 saturated heterocycles. The van der Waals surface area contributed by atoms with E-state index in [9.17, 15) is 10.4 Å². The molecule has 1 aromatic heterocycles. The number of aliphatic hydroxyl groups is 1. The molecule has 1 unspecified atom stereocenters. The second-order valence-corrected chi connectivity index (χ2v) is 5.51. The lowest BCUT2D eigenvalue weighted by atomic mass is 9.72. The largest absolute Gasteiger partial charge is 0.385 e. The Morgan fingerprint density at radius 1 is 1.37 bits per heavy atom. The average Bonchev–Trinajstić information content (AvgIpc) is 2.87. The zero-order valence-corrected chi connectivity index (χ0v) is 11.7. The number of nitriles is 1. The van der Waals surface area contributed by atoms with Crippen molar-refractivity contribution >= 4 is 0 Å². The number of nitrogens with zero attached hydrogens (tertiary/aromatic N) is 3. The summed E-state index contributed by atoms with van der Waals surface area (Å²) in [7, 11) is 0. The van der Waals surface area contributed by atoms with Gasteiger partial charge in [-0.15, -0.1) is 0 Å². The second-order valence-electron chi connectivity index (χ2n) is 5.51. The van der Waals surface area contributed by atoms with Gasteiger partial charge in [-0.3, -0.25) is 4.68 Å². The van der Waals surface area contributed by atoms with Gasteiger partial charge in [-0.1, -0.05) is 32.1 Å². The highest BCUT2D eigenvalue weighted by Gasteiger charge is 2.40. The molecule has 1 aliphatic carbocycles. The van der Waals surface area contributed by atoms with Crippen molar-refractivity contribution in [3.63, 3.8) is 0 Å². The third kappa shape index (κ3) is 2.82. The maximum atomic E-state index is 10.7. The molecular weight excluding hydrogens is 238 g/mol. The quantitative estimate of drug-likeness (QED) is 0.909. The van der Waals surface area contributed by atoms with Gasteiger partial charge in [0.1, 0.15) is 6.10 Å². The second kappa shape index (κ2) is 6.21. The normalized spacial score (nSPS) is 21.1. The predicted octanol–water partition coefficient (Wildman–Crippen LogP) is 3.19. The lowest BCUT2D eigenvalue weighted by Crippen LogP contribution is -2.30. The minimum absolute atomic E-state index is 0.632. The summed E-state index contributed by atoms with van der Waals surface area (Å²) >= 11 is 0. The molecule has 0 radical (unpaired) electrons. The fourth-order valence-electron chi connectivity index (χ4n) is 3.11. The van der Waals surface area contributed by atoms with Crippen LogP contribution in [0.2, 0.25) is 0 Å². The molecule has 4 heteroatoms. The molecule has 19 heavy (non-hydrogen) atoms. The van der Waals surface area contributed by atoms with Gasteiger partial charge in [-0.05, 0) is 25.8 Å². The van der Waals surface area contributed by atoms with Gasteiger partial charge in [0.25, 0.3) is 0 Å². The predicted molar refractivity (Wildman–Crippen MR) is 73.2 cm³/mol. The van der Waals surface area contributed by atoms with Crippen molar-refractivity contribution in [1.29, 1.82) is 5.26 Å². The molecule has 0 bridgehead atoms. The zero-order chi connectivity index (χ0) is 13.7. The van der Waals surface area contributed by atoms with Crippen LogP contribution in [0.5, 0.6) is 0 Å². The topological polar surface area (TPSA) is 61.8 Å². The van der Waals surface area contributed by atoms with E-state index in [1.807, 2.05) is 13.0 Å². The van der Waals surface area contributed by atoms with Crippen LogP contribution in [0.1, 0.15) is 63.7 Å². The van der Waals surface area contributed by atoms with E-state index in [1.165, 1.54) is 19.3 Å². The molecular formula is C15H23N3O. The van der Waals surface area contributed by atoms with Crippen LogP contribution in [0, 0.1) is 16.7 Å². The first-order valence-electron chi connectivity index (χ1n) is 7.34. The first kappa shape index (κ1) is 14.1. The van der Waals surface area contributed by atoms with Gasteiger partial charge in [0.05, 0.1) is 17.2 Å². The first-order valence-corrected chi connectivity index (χ1v) is 7.34. The summed E-state index contributed by atoms with van der Waals surface area (Å²) in [5, 5.41) is 24.6. The molecule has 1 heterocycles. The summed E-state index contributed by atoms with van der Waals surface area (Å²) in [6.45, 7) is 2.72. The summed E-state index contributed by atoms with van der Waals surface area (Å²) < 4.78 is 1.79. The lowest BCUT2D eigenvalue weighted by molar-refractivity contribution is 0.0365. The molecule has 0 aromatic carbocycles. The molecule has 1 N–H and O–H groups in total. The summed E-state index contributed by atoms with van der Waals surface area (Å²) in [5.41, 5.74) is 0.150. The minimum atomic E-state index is -0.724. The Balaban J connectivity index is 2.26. The number of hydrogen-bond donors (Lipinski definition) is 1. The van der Waals surface area contributed by atoms with Crippen LogP contribution >= 0.6 is 0 Å². The van der Waals surface area contributed by atoms with Gasteiger partial charge in [0.2, 0.25) is 0 Å². The Morgan fingerprint density at radius 3 is 2.58 bits per heavy atom. The Bertz CT molecular complexity index is 438. The van der Waals surface area contributed by atoms with Crippen molar-refractivity contribution in [2.24, 2.45) is 5.41 Å². The summed E-state index contributed by atoms with van der Waals surface area (Å²) in [4.78, 5) is 0. The Labute approximate surface area is 115 Å². The fourth-order valence-corrected chi connectivity index (χ4v) is 3.11. The summed E-state index contributed by atoms with van der Waals surface area (Å²) in [6, 6.07) is 4.27. The van der Waals surface area contributed by atoms with Gasteiger partial charge in [-0.25, -0.2) is 0 Å². The number of rotatable bonds is 3. The summed E-state index contributed by atoms with van der Waals surface area (Å²) in [5.74, 6) is 0. The van der Waals surface area contributed by atoms with Crippen LogP contribution in [0.4, 0.5) is 0 Å². The number of aromatic nitrogens is 2. The third-order valence-electron chi connectivity index (χ3n) is 4.32. The molecule has 1 atom stereocenters.